The van der Waals surface area contributed by atoms with Crippen molar-refractivity contribution >= 4 is 5.91 Å². The van der Waals surface area contributed by atoms with Crippen LogP contribution in [0, 0.1) is 0 Å². The van der Waals surface area contributed by atoms with Gasteiger partial charge >= 0.3 is 0 Å². The topological polar surface area (TPSA) is 79.7 Å². The number of aromatic nitrogens is 1. The molecule has 1 fully saturated rings. The first-order valence-electron chi connectivity index (χ1n) is 7.22. The molecule has 0 bridgehead atoms. The van der Waals surface area contributed by atoms with Crippen LogP contribution in [0.4, 0.5) is 0 Å². The molecule has 3 rings (SSSR count). The van der Waals surface area contributed by atoms with Gasteiger partial charge < -0.3 is 18.9 Å². The van der Waals surface area contributed by atoms with Gasteiger partial charge in [-0.05, 0) is 37.8 Å². The van der Waals surface area contributed by atoms with E-state index in [1.54, 1.807) is 29.4 Å². The molecule has 2 heterocycles. The van der Waals surface area contributed by atoms with Crippen LogP contribution in [0.25, 0.3) is 11.5 Å². The van der Waals surface area contributed by atoms with E-state index in [-0.39, 0.29) is 24.2 Å². The molecule has 0 aromatic carbocycles. The standard InChI is InChI=1S/C15H18N2O4/c18-8-3-7-17(11-4-1-5-11)15(19)12-10-14(21-16-12)13-6-2-9-20-13/h2,6,9-11,18H,1,3-5,7-8H2. The number of carbonyl (C=O) groups excluding carboxylic acids is 1. The third-order valence-corrected chi connectivity index (χ3v) is 3.83. The molecule has 6 nitrogen and oxygen atoms in total. The Labute approximate surface area is 122 Å². The maximum atomic E-state index is 12.6. The summed E-state index contributed by atoms with van der Waals surface area (Å²) < 4.78 is 10.4. The lowest BCUT2D eigenvalue weighted by atomic mass is 9.91. The van der Waals surface area contributed by atoms with Crippen LogP contribution in [0.1, 0.15) is 36.2 Å². The zero-order chi connectivity index (χ0) is 14.7. The van der Waals surface area contributed by atoms with Gasteiger partial charge in [0.25, 0.3) is 5.91 Å². The first kappa shape index (κ1) is 13.9. The number of nitrogens with zero attached hydrogens (tertiary/aromatic N) is 2. The van der Waals surface area contributed by atoms with Crippen molar-refractivity contribution in [2.45, 2.75) is 31.7 Å². The van der Waals surface area contributed by atoms with Gasteiger partial charge in [-0.25, -0.2) is 0 Å². The van der Waals surface area contributed by atoms with Gasteiger partial charge in [0, 0.05) is 25.3 Å². The average Bonchev–Trinajstić information content (AvgIpc) is 3.09. The molecule has 1 amide bonds. The lowest BCUT2D eigenvalue weighted by molar-refractivity contribution is 0.0552. The molecular formula is C15H18N2O4. The van der Waals surface area contributed by atoms with E-state index in [2.05, 4.69) is 5.16 Å². The molecule has 0 atom stereocenters. The lowest BCUT2D eigenvalue weighted by Gasteiger charge is -2.37. The van der Waals surface area contributed by atoms with Crippen molar-refractivity contribution in [2.75, 3.05) is 13.2 Å². The molecule has 0 saturated heterocycles. The molecule has 6 heteroatoms. The van der Waals surface area contributed by atoms with Crippen molar-refractivity contribution in [2.24, 2.45) is 0 Å². The van der Waals surface area contributed by atoms with Crippen molar-refractivity contribution in [3.63, 3.8) is 0 Å². The number of amides is 1. The minimum atomic E-state index is -0.144. The quantitative estimate of drug-likeness (QED) is 0.883. The third kappa shape index (κ3) is 2.85. The Morgan fingerprint density at radius 3 is 2.90 bits per heavy atom. The summed E-state index contributed by atoms with van der Waals surface area (Å²) in [5.41, 5.74) is 0.284. The Morgan fingerprint density at radius 1 is 1.43 bits per heavy atom. The van der Waals surface area contributed by atoms with Gasteiger partial charge in [0.15, 0.2) is 11.5 Å². The highest BCUT2D eigenvalue weighted by atomic mass is 16.5. The molecule has 1 N–H and O–H groups in total. The summed E-state index contributed by atoms with van der Waals surface area (Å²) in [7, 11) is 0. The largest absolute Gasteiger partial charge is 0.461 e. The van der Waals surface area contributed by atoms with Gasteiger partial charge in [0.05, 0.1) is 6.26 Å². The fourth-order valence-electron chi connectivity index (χ4n) is 2.45. The number of rotatable bonds is 6. The molecule has 1 aliphatic rings. The van der Waals surface area contributed by atoms with E-state index in [1.807, 2.05) is 0 Å². The van der Waals surface area contributed by atoms with E-state index in [0.29, 0.717) is 24.5 Å². The first-order valence-corrected chi connectivity index (χ1v) is 7.22. The highest BCUT2D eigenvalue weighted by Crippen LogP contribution is 2.27. The summed E-state index contributed by atoms with van der Waals surface area (Å²) in [6.07, 6.45) is 5.29. The second kappa shape index (κ2) is 6.13. The predicted octanol–water partition coefficient (Wildman–Crippen LogP) is 2.31. The van der Waals surface area contributed by atoms with E-state index in [0.717, 1.165) is 19.3 Å². The van der Waals surface area contributed by atoms with Gasteiger partial charge in [-0.1, -0.05) is 5.16 Å². The number of carbonyl (C=O) groups is 1. The van der Waals surface area contributed by atoms with Crippen molar-refractivity contribution in [3.8, 4) is 11.5 Å². The lowest BCUT2D eigenvalue weighted by Crippen LogP contribution is -2.45. The monoisotopic (exact) mass is 290 g/mol. The van der Waals surface area contributed by atoms with Crippen LogP contribution in [0.3, 0.4) is 0 Å². The van der Waals surface area contributed by atoms with Crippen LogP contribution >= 0.6 is 0 Å². The number of furan rings is 1. The summed E-state index contributed by atoms with van der Waals surface area (Å²) in [4.78, 5) is 14.4. The minimum absolute atomic E-state index is 0.0764. The average molecular weight is 290 g/mol. The van der Waals surface area contributed by atoms with Gasteiger partial charge in [-0.2, -0.15) is 0 Å². The van der Waals surface area contributed by atoms with Gasteiger partial charge in [0.1, 0.15) is 0 Å². The maximum Gasteiger partial charge on any atom is 0.276 e. The fourth-order valence-corrected chi connectivity index (χ4v) is 2.45. The Kier molecular flexibility index (Phi) is 4.06. The Hall–Kier alpha value is -2.08. The molecule has 112 valence electrons. The molecule has 1 saturated carbocycles. The van der Waals surface area contributed by atoms with E-state index in [4.69, 9.17) is 14.0 Å². The van der Waals surface area contributed by atoms with Crippen LogP contribution in [-0.2, 0) is 0 Å². The summed E-state index contributed by atoms with van der Waals surface area (Å²) in [5.74, 6) is 0.848. The van der Waals surface area contributed by atoms with Crippen molar-refractivity contribution in [1.29, 1.82) is 0 Å². The van der Waals surface area contributed by atoms with Crippen molar-refractivity contribution < 1.29 is 18.8 Å². The highest BCUT2D eigenvalue weighted by molar-refractivity contribution is 5.93. The van der Waals surface area contributed by atoms with Crippen molar-refractivity contribution in [3.05, 3.63) is 30.2 Å². The second-order valence-electron chi connectivity index (χ2n) is 5.21. The van der Waals surface area contributed by atoms with E-state index < -0.39 is 0 Å². The Morgan fingerprint density at radius 2 is 2.29 bits per heavy atom. The predicted molar refractivity (Wildman–Crippen MR) is 74.6 cm³/mol. The molecule has 0 radical (unpaired) electrons. The van der Waals surface area contributed by atoms with Crippen LogP contribution < -0.4 is 0 Å². The zero-order valence-electron chi connectivity index (χ0n) is 11.7. The summed E-state index contributed by atoms with van der Waals surface area (Å²) in [6.45, 7) is 0.621. The molecule has 0 spiro atoms. The van der Waals surface area contributed by atoms with Crippen LogP contribution in [0.5, 0.6) is 0 Å². The first-order chi connectivity index (χ1) is 10.3. The van der Waals surface area contributed by atoms with E-state index in [9.17, 15) is 4.79 Å². The zero-order valence-corrected chi connectivity index (χ0v) is 11.7. The molecule has 0 aliphatic heterocycles. The fraction of sp³-hybridized carbons (Fsp3) is 0.467. The SMILES string of the molecule is O=C(c1cc(-c2ccco2)on1)N(CCCO)C1CCC1. The molecule has 1 aliphatic carbocycles. The third-order valence-electron chi connectivity index (χ3n) is 3.83. The minimum Gasteiger partial charge on any atom is -0.461 e. The summed E-state index contributed by atoms with van der Waals surface area (Å²) in [5, 5.41) is 12.8. The maximum absolute atomic E-state index is 12.6. The van der Waals surface area contributed by atoms with Crippen LogP contribution in [0.15, 0.2) is 33.4 Å². The van der Waals surface area contributed by atoms with Crippen LogP contribution in [-0.4, -0.2) is 40.3 Å². The molecule has 0 unspecified atom stereocenters. The Bertz CT molecular complexity index is 587. The molecule has 2 aromatic heterocycles. The molecule has 21 heavy (non-hydrogen) atoms. The number of hydrogen-bond donors (Lipinski definition) is 1. The highest BCUT2D eigenvalue weighted by Gasteiger charge is 2.30. The van der Waals surface area contributed by atoms with Gasteiger partial charge in [-0.3, -0.25) is 4.79 Å². The van der Waals surface area contributed by atoms with Crippen LogP contribution in [0.2, 0.25) is 0 Å². The summed E-state index contributed by atoms with van der Waals surface area (Å²) in [6, 6.07) is 5.37. The Balaban J connectivity index is 1.76. The second-order valence-corrected chi connectivity index (χ2v) is 5.21. The number of aliphatic hydroxyl groups is 1. The van der Waals surface area contributed by atoms with E-state index in [1.165, 1.54) is 0 Å². The normalized spacial score (nSPS) is 14.9. The van der Waals surface area contributed by atoms with Gasteiger partial charge in [-0.15, -0.1) is 0 Å². The van der Waals surface area contributed by atoms with E-state index >= 15 is 0 Å². The molecular weight excluding hydrogens is 272 g/mol. The summed E-state index contributed by atoms with van der Waals surface area (Å²) >= 11 is 0. The van der Waals surface area contributed by atoms with Crippen molar-refractivity contribution in [1.82, 2.24) is 10.1 Å². The smallest absolute Gasteiger partial charge is 0.276 e. The number of hydrogen-bond acceptors (Lipinski definition) is 5. The molecule has 2 aromatic rings. The number of aliphatic hydroxyl groups excluding tert-OH is 1. The van der Waals surface area contributed by atoms with Gasteiger partial charge in [0.2, 0.25) is 5.76 Å².